The maximum absolute atomic E-state index is 14.3. The third-order valence-corrected chi connectivity index (χ3v) is 14.3. The lowest BCUT2D eigenvalue weighted by Crippen LogP contribution is -2.49. The summed E-state index contributed by atoms with van der Waals surface area (Å²) < 4.78 is 78.0. The standard InChI is InChI=1S/C48H54N8O12S4/c1-5-41-49-40(28-69-41)36(24-31-14-20-34(21-15-31)55-71(61,62)63)50-45(57)39(53-48(60)68-4)27-30-12-18-33(19-13-30)44-43(54-42(6-2)70-44)37(25-32-16-22-35(23-17-32)56-72(64,65)66)51-46(58)38(52-47(59)67-3)26-29-10-8-7-9-11-29/h7-23,28,36-39,55-56H,5-6,24-27H2,1-4H3,(H,50,57)(H,51,58)(H,52,59)(H,53,60)(H,61,62,63)(H,64,65,66)/t36-,37-,38-,39-/m0/s1. The SMILES string of the molecule is CCc1nc([C@H](Cc2ccc(NS(=O)(=O)O)cc2)NC(=O)[C@H](Cc2ccc(-c3sc(CC)nc3[C@H](Cc3ccc(NS(=O)(=O)O)cc3)NC(=O)[C@H](Cc3ccccc3)NC(=O)OC)cc2)NC(=O)OC)cs1. The zero-order valence-corrected chi connectivity index (χ0v) is 42.7. The van der Waals surface area contributed by atoms with E-state index >= 15 is 0 Å². The number of aryl methyl sites for hydroxylation is 2. The van der Waals surface area contributed by atoms with Gasteiger partial charge < -0.3 is 30.7 Å². The van der Waals surface area contributed by atoms with Crippen LogP contribution in [0.4, 0.5) is 21.0 Å². The van der Waals surface area contributed by atoms with Crippen molar-refractivity contribution in [2.45, 2.75) is 76.5 Å². The molecule has 0 saturated heterocycles. The number of amides is 4. The number of carbonyl (C=O) groups excluding carboxylic acids is 4. The first kappa shape index (κ1) is 54.4. The third-order valence-electron chi connectivity index (χ3n) is 11.0. The first-order chi connectivity index (χ1) is 34.3. The number of hydrogen-bond donors (Lipinski definition) is 8. The number of anilines is 2. The first-order valence-corrected chi connectivity index (χ1v) is 26.9. The highest BCUT2D eigenvalue weighted by atomic mass is 32.2. The number of carbonyl (C=O) groups is 4. The van der Waals surface area contributed by atoms with Crippen LogP contribution in [-0.4, -0.2) is 86.2 Å². The molecule has 0 radical (unpaired) electrons. The lowest BCUT2D eigenvalue weighted by atomic mass is 9.97. The van der Waals surface area contributed by atoms with E-state index in [1.807, 2.05) is 83.3 Å². The molecule has 2 heterocycles. The molecule has 8 N–H and O–H groups in total. The fourth-order valence-corrected chi connectivity index (χ4v) is 10.2. The number of rotatable bonds is 23. The van der Waals surface area contributed by atoms with Gasteiger partial charge in [-0.15, -0.1) is 22.7 Å². The fraction of sp³-hybridized carbons (Fsp3) is 0.292. The van der Waals surface area contributed by atoms with Crippen LogP contribution in [0.2, 0.25) is 0 Å². The molecule has 0 aliphatic heterocycles. The topological polar surface area (TPSA) is 293 Å². The second-order valence-corrected chi connectivity index (χ2v) is 20.6. The van der Waals surface area contributed by atoms with Crippen LogP contribution in [0, 0.1) is 0 Å². The van der Waals surface area contributed by atoms with Gasteiger partial charge in [-0.1, -0.05) is 92.7 Å². The molecule has 0 unspecified atom stereocenters. The van der Waals surface area contributed by atoms with E-state index in [0.29, 0.717) is 40.9 Å². The van der Waals surface area contributed by atoms with E-state index in [1.54, 1.807) is 24.3 Å². The Morgan fingerprint density at radius 1 is 0.569 bits per heavy atom. The van der Waals surface area contributed by atoms with Crippen molar-refractivity contribution >= 4 is 78.7 Å². The van der Waals surface area contributed by atoms with Crippen molar-refractivity contribution in [3.05, 3.63) is 152 Å². The maximum Gasteiger partial charge on any atom is 0.407 e. The van der Waals surface area contributed by atoms with Crippen molar-refractivity contribution in [1.82, 2.24) is 31.2 Å². The van der Waals surface area contributed by atoms with Crippen LogP contribution in [-0.2, 0) is 78.2 Å². The van der Waals surface area contributed by atoms with Crippen molar-refractivity contribution in [3.8, 4) is 10.4 Å². The second kappa shape index (κ2) is 24.9. The summed E-state index contributed by atoms with van der Waals surface area (Å²) in [5.41, 5.74) is 4.91. The van der Waals surface area contributed by atoms with Crippen LogP contribution >= 0.6 is 22.7 Å². The largest absolute Gasteiger partial charge is 0.453 e. The van der Waals surface area contributed by atoms with Crippen LogP contribution in [0.15, 0.2) is 109 Å². The number of alkyl carbamates (subject to hydrolysis) is 2. The molecule has 0 spiro atoms. The van der Waals surface area contributed by atoms with E-state index in [0.717, 1.165) is 26.0 Å². The number of aromatic nitrogens is 2. The smallest absolute Gasteiger partial charge is 0.407 e. The van der Waals surface area contributed by atoms with Gasteiger partial charge in [0, 0.05) is 18.2 Å². The number of thiazole rings is 2. The van der Waals surface area contributed by atoms with Crippen LogP contribution in [0.25, 0.3) is 10.4 Å². The minimum Gasteiger partial charge on any atom is -0.453 e. The molecule has 0 fully saturated rings. The van der Waals surface area contributed by atoms with Gasteiger partial charge in [-0.05, 0) is 77.8 Å². The Morgan fingerprint density at radius 2 is 1.01 bits per heavy atom. The predicted octanol–water partition coefficient (Wildman–Crippen LogP) is 6.56. The molecule has 0 bridgehead atoms. The molecule has 0 aliphatic carbocycles. The summed E-state index contributed by atoms with van der Waals surface area (Å²) in [5, 5.41) is 14.9. The summed E-state index contributed by atoms with van der Waals surface area (Å²) in [7, 11) is -6.64. The molecule has 24 heteroatoms. The molecule has 2 aromatic heterocycles. The number of benzene rings is 4. The molecule has 4 aromatic carbocycles. The number of methoxy groups -OCH3 is 2. The van der Waals surface area contributed by atoms with Gasteiger partial charge in [-0.25, -0.2) is 19.6 Å². The Bertz CT molecular complexity index is 3030. The summed E-state index contributed by atoms with van der Waals surface area (Å²) >= 11 is 2.85. The van der Waals surface area contributed by atoms with Crippen molar-refractivity contribution < 1.29 is 54.6 Å². The highest BCUT2D eigenvalue weighted by Crippen LogP contribution is 2.36. The number of hydrogen-bond acceptors (Lipinski definition) is 14. The van der Waals surface area contributed by atoms with Crippen LogP contribution in [0.5, 0.6) is 0 Å². The monoisotopic (exact) mass is 1060 g/mol. The third kappa shape index (κ3) is 16.3. The van der Waals surface area contributed by atoms with Gasteiger partial charge >= 0.3 is 32.8 Å². The van der Waals surface area contributed by atoms with Gasteiger partial charge in [0.1, 0.15) is 12.1 Å². The van der Waals surface area contributed by atoms with E-state index < -0.39 is 68.8 Å². The van der Waals surface area contributed by atoms with E-state index in [2.05, 4.69) is 21.3 Å². The summed E-state index contributed by atoms with van der Waals surface area (Å²) in [4.78, 5) is 64.2. The molecular formula is C48H54N8O12S4. The Balaban J connectivity index is 1.29. The number of nitrogens with zero attached hydrogens (tertiary/aromatic N) is 2. The summed E-state index contributed by atoms with van der Waals surface area (Å²) in [5.74, 6) is -1.06. The highest BCUT2D eigenvalue weighted by Gasteiger charge is 2.30. The summed E-state index contributed by atoms with van der Waals surface area (Å²) in [6.07, 6.45) is 0.169. The van der Waals surface area contributed by atoms with Crippen LogP contribution in [0.1, 0.15) is 69.6 Å². The van der Waals surface area contributed by atoms with Gasteiger partial charge in [-0.2, -0.15) is 16.8 Å². The number of ether oxygens (including phenoxy) is 2. The molecule has 6 rings (SSSR count). The lowest BCUT2D eigenvalue weighted by molar-refractivity contribution is -0.124. The van der Waals surface area contributed by atoms with E-state index in [-0.39, 0.29) is 37.1 Å². The zero-order chi connectivity index (χ0) is 52.0. The molecular weight excluding hydrogens is 1010 g/mol. The summed E-state index contributed by atoms with van der Waals surface area (Å²) in [6, 6.07) is 25.3. The van der Waals surface area contributed by atoms with Crippen LogP contribution in [0.3, 0.4) is 0 Å². The molecule has 0 saturated carbocycles. The molecule has 6 aromatic rings. The Morgan fingerprint density at radius 3 is 1.47 bits per heavy atom. The second-order valence-electron chi connectivity index (χ2n) is 16.2. The quantitative estimate of drug-likeness (QED) is 0.0316. The fourth-order valence-electron chi connectivity index (χ4n) is 7.50. The average molecular weight is 1060 g/mol. The average Bonchev–Trinajstić information content (AvgIpc) is 4.02. The van der Waals surface area contributed by atoms with Gasteiger partial charge in [0.15, 0.2) is 0 Å². The Kier molecular flexibility index (Phi) is 18.8. The van der Waals surface area contributed by atoms with Gasteiger partial charge in [0.05, 0.1) is 64.0 Å². The molecule has 382 valence electrons. The zero-order valence-electron chi connectivity index (χ0n) is 39.4. The Hall–Kier alpha value is -6.96. The number of nitrogens with one attached hydrogen (secondary N) is 6. The normalized spacial score (nSPS) is 13.1. The van der Waals surface area contributed by atoms with Gasteiger partial charge in [0.25, 0.3) is 0 Å². The highest BCUT2D eigenvalue weighted by molar-refractivity contribution is 7.87. The first-order valence-electron chi connectivity index (χ1n) is 22.4. The van der Waals surface area contributed by atoms with Gasteiger partial charge in [0.2, 0.25) is 11.8 Å². The van der Waals surface area contributed by atoms with Crippen LogP contribution < -0.4 is 30.7 Å². The lowest BCUT2D eigenvalue weighted by Gasteiger charge is -2.24. The van der Waals surface area contributed by atoms with Gasteiger partial charge in [-0.3, -0.25) is 28.1 Å². The molecule has 4 atom stereocenters. The van der Waals surface area contributed by atoms with Crippen molar-refractivity contribution in [1.29, 1.82) is 0 Å². The minimum atomic E-state index is -4.54. The molecule has 0 aliphatic rings. The van der Waals surface area contributed by atoms with E-state index in [9.17, 15) is 45.1 Å². The van der Waals surface area contributed by atoms with Crippen molar-refractivity contribution in [2.24, 2.45) is 0 Å². The molecule has 72 heavy (non-hydrogen) atoms. The van der Waals surface area contributed by atoms with Crippen molar-refractivity contribution in [2.75, 3.05) is 23.7 Å². The predicted molar refractivity (Wildman–Crippen MR) is 273 cm³/mol. The summed E-state index contributed by atoms with van der Waals surface area (Å²) in [6.45, 7) is 3.91. The molecule has 20 nitrogen and oxygen atoms in total. The van der Waals surface area contributed by atoms with Crippen molar-refractivity contribution in [3.63, 3.8) is 0 Å². The minimum absolute atomic E-state index is 0.0358. The maximum atomic E-state index is 14.3. The Labute approximate surface area is 425 Å². The van der Waals surface area contributed by atoms with E-state index in [1.165, 1.54) is 61.2 Å². The van der Waals surface area contributed by atoms with E-state index in [4.69, 9.17) is 19.4 Å². The molecule has 4 amide bonds.